The second-order valence-electron chi connectivity index (χ2n) is 5.88. The van der Waals surface area contributed by atoms with Gasteiger partial charge in [0.15, 0.2) is 0 Å². The molecule has 2 aromatic carbocycles. The van der Waals surface area contributed by atoms with Crippen LogP contribution in [0.15, 0.2) is 48.5 Å². The summed E-state index contributed by atoms with van der Waals surface area (Å²) in [5.41, 5.74) is 1.77. The third kappa shape index (κ3) is 4.16. The van der Waals surface area contributed by atoms with Crippen molar-refractivity contribution in [1.29, 1.82) is 0 Å². The van der Waals surface area contributed by atoms with Crippen LogP contribution >= 0.6 is 0 Å². The third-order valence-corrected chi connectivity index (χ3v) is 5.66. The number of halogens is 3. The molecule has 0 unspecified atom stereocenters. The number of rotatable bonds is 5. The van der Waals surface area contributed by atoms with Crippen LogP contribution in [0.1, 0.15) is 5.56 Å². The maximum Gasteiger partial charge on any atom is 0.573 e. The van der Waals surface area contributed by atoms with E-state index in [1.54, 1.807) is 23.7 Å². The molecule has 10 heteroatoms. The minimum Gasteiger partial charge on any atom is -0.406 e. The van der Waals surface area contributed by atoms with E-state index in [-0.39, 0.29) is 11.7 Å². The van der Waals surface area contributed by atoms with Crippen LogP contribution in [0.5, 0.6) is 5.75 Å². The SMILES string of the molecule is CN(c1nc2ccccc2n1C)S(=O)(=O)Cc1ccc(OC(F)(F)F)cc1. The molecular weight excluding hydrogens is 383 g/mol. The molecule has 0 aliphatic heterocycles. The molecule has 0 aliphatic rings. The smallest absolute Gasteiger partial charge is 0.406 e. The fraction of sp³-hybridized carbons (Fsp3) is 0.235. The Labute approximate surface area is 153 Å². The van der Waals surface area contributed by atoms with Gasteiger partial charge < -0.3 is 9.30 Å². The molecule has 0 bridgehead atoms. The number of fused-ring (bicyclic) bond motifs is 1. The van der Waals surface area contributed by atoms with Gasteiger partial charge in [0.1, 0.15) is 5.75 Å². The van der Waals surface area contributed by atoms with Gasteiger partial charge in [0.2, 0.25) is 16.0 Å². The van der Waals surface area contributed by atoms with Crippen molar-refractivity contribution in [3.8, 4) is 5.75 Å². The molecule has 0 amide bonds. The van der Waals surface area contributed by atoms with E-state index in [1.165, 1.54) is 19.2 Å². The van der Waals surface area contributed by atoms with Crippen LogP contribution in [-0.2, 0) is 22.8 Å². The van der Waals surface area contributed by atoms with Gasteiger partial charge in [-0.1, -0.05) is 24.3 Å². The Balaban J connectivity index is 1.82. The van der Waals surface area contributed by atoms with E-state index in [0.717, 1.165) is 22.0 Å². The highest BCUT2D eigenvalue weighted by Crippen LogP contribution is 2.25. The van der Waals surface area contributed by atoms with Crippen molar-refractivity contribution in [3.63, 3.8) is 0 Å². The van der Waals surface area contributed by atoms with Gasteiger partial charge in [-0.25, -0.2) is 17.7 Å². The largest absolute Gasteiger partial charge is 0.573 e. The highest BCUT2D eigenvalue weighted by Gasteiger charge is 2.31. The van der Waals surface area contributed by atoms with Gasteiger partial charge in [0.05, 0.1) is 16.8 Å². The zero-order valence-electron chi connectivity index (χ0n) is 14.4. The summed E-state index contributed by atoms with van der Waals surface area (Å²) in [7, 11) is -0.703. The topological polar surface area (TPSA) is 64.4 Å². The van der Waals surface area contributed by atoms with Crippen molar-refractivity contribution in [2.45, 2.75) is 12.1 Å². The zero-order valence-corrected chi connectivity index (χ0v) is 15.3. The number of alkyl halides is 3. The molecule has 0 atom stereocenters. The number of ether oxygens (including phenoxy) is 1. The van der Waals surface area contributed by atoms with Crippen LogP contribution in [0, 0.1) is 0 Å². The highest BCUT2D eigenvalue weighted by atomic mass is 32.2. The normalized spacial score (nSPS) is 12.3. The van der Waals surface area contributed by atoms with Crippen molar-refractivity contribution in [2.24, 2.45) is 7.05 Å². The van der Waals surface area contributed by atoms with Gasteiger partial charge in [-0.2, -0.15) is 0 Å². The van der Waals surface area contributed by atoms with Gasteiger partial charge in [-0.05, 0) is 29.8 Å². The Morgan fingerprint density at radius 2 is 1.74 bits per heavy atom. The number of imidazole rings is 1. The molecule has 144 valence electrons. The van der Waals surface area contributed by atoms with E-state index >= 15 is 0 Å². The summed E-state index contributed by atoms with van der Waals surface area (Å²) in [4.78, 5) is 4.34. The highest BCUT2D eigenvalue weighted by molar-refractivity contribution is 7.92. The maximum atomic E-state index is 12.7. The molecule has 1 heterocycles. The van der Waals surface area contributed by atoms with Gasteiger partial charge in [-0.15, -0.1) is 13.2 Å². The lowest BCUT2D eigenvalue weighted by Gasteiger charge is -2.18. The van der Waals surface area contributed by atoms with Gasteiger partial charge in [-0.3, -0.25) is 0 Å². The van der Waals surface area contributed by atoms with E-state index in [1.807, 2.05) is 12.1 Å². The molecule has 3 rings (SSSR count). The van der Waals surface area contributed by atoms with Crippen molar-refractivity contribution in [2.75, 3.05) is 11.4 Å². The summed E-state index contributed by atoms with van der Waals surface area (Å²) in [6, 6.07) is 11.9. The Morgan fingerprint density at radius 3 is 2.33 bits per heavy atom. The quantitative estimate of drug-likeness (QED) is 0.659. The first kappa shape index (κ1) is 19.0. The second kappa shape index (κ2) is 6.76. The van der Waals surface area contributed by atoms with Crippen LogP contribution in [0.2, 0.25) is 0 Å². The summed E-state index contributed by atoms with van der Waals surface area (Å²) in [6.07, 6.45) is -4.80. The predicted molar refractivity (Wildman–Crippen MR) is 94.9 cm³/mol. The van der Waals surface area contributed by atoms with Gasteiger partial charge in [0.25, 0.3) is 0 Å². The average Bonchev–Trinajstić information content (AvgIpc) is 2.91. The summed E-state index contributed by atoms with van der Waals surface area (Å²) < 4.78 is 68.5. The minimum absolute atomic E-state index is 0.244. The molecule has 0 N–H and O–H groups in total. The summed E-state index contributed by atoms with van der Waals surface area (Å²) in [5.74, 6) is -0.556. The van der Waals surface area contributed by atoms with Crippen LogP contribution in [0.3, 0.4) is 0 Å². The fourth-order valence-corrected chi connectivity index (χ4v) is 3.85. The minimum atomic E-state index is -4.80. The molecule has 0 aliphatic carbocycles. The summed E-state index contributed by atoms with van der Waals surface area (Å²) in [5, 5.41) is 0. The number of para-hydroxylation sites is 2. The number of aromatic nitrogens is 2. The molecule has 3 aromatic rings. The van der Waals surface area contributed by atoms with Crippen molar-refractivity contribution in [3.05, 3.63) is 54.1 Å². The van der Waals surface area contributed by atoms with E-state index in [4.69, 9.17) is 0 Å². The Bertz CT molecular complexity index is 1060. The number of aryl methyl sites for hydroxylation is 1. The molecule has 27 heavy (non-hydrogen) atoms. The van der Waals surface area contributed by atoms with Crippen molar-refractivity contribution < 1.29 is 26.3 Å². The lowest BCUT2D eigenvalue weighted by Crippen LogP contribution is -2.30. The van der Waals surface area contributed by atoms with E-state index in [2.05, 4.69) is 9.72 Å². The molecule has 1 aromatic heterocycles. The van der Waals surface area contributed by atoms with Gasteiger partial charge >= 0.3 is 6.36 Å². The van der Waals surface area contributed by atoms with Gasteiger partial charge in [0, 0.05) is 14.1 Å². The number of nitrogens with zero attached hydrogens (tertiary/aromatic N) is 3. The summed E-state index contributed by atoms with van der Waals surface area (Å²) in [6.45, 7) is 0. The van der Waals surface area contributed by atoms with E-state index in [9.17, 15) is 21.6 Å². The number of hydrogen-bond donors (Lipinski definition) is 0. The number of benzene rings is 2. The molecule has 0 saturated carbocycles. The lowest BCUT2D eigenvalue weighted by atomic mass is 10.2. The molecule has 0 radical (unpaired) electrons. The predicted octanol–water partition coefficient (Wildman–Crippen LogP) is 3.44. The Hall–Kier alpha value is -2.75. The number of hydrogen-bond acceptors (Lipinski definition) is 4. The first-order valence-electron chi connectivity index (χ1n) is 7.79. The zero-order chi connectivity index (χ0) is 19.8. The van der Waals surface area contributed by atoms with Crippen LogP contribution in [0.4, 0.5) is 19.1 Å². The molecule has 0 fully saturated rings. The lowest BCUT2D eigenvalue weighted by molar-refractivity contribution is -0.274. The van der Waals surface area contributed by atoms with Crippen molar-refractivity contribution in [1.82, 2.24) is 9.55 Å². The maximum absolute atomic E-state index is 12.7. The molecule has 0 spiro atoms. The van der Waals surface area contributed by atoms with Crippen molar-refractivity contribution >= 4 is 27.0 Å². The second-order valence-corrected chi connectivity index (χ2v) is 7.88. The average molecular weight is 399 g/mol. The third-order valence-electron chi connectivity index (χ3n) is 3.97. The van der Waals surface area contributed by atoms with E-state index < -0.39 is 22.1 Å². The first-order chi connectivity index (χ1) is 12.6. The summed E-state index contributed by atoms with van der Waals surface area (Å²) >= 11 is 0. The van der Waals surface area contributed by atoms with E-state index in [0.29, 0.717) is 11.1 Å². The monoisotopic (exact) mass is 399 g/mol. The molecule has 0 saturated heterocycles. The molecular formula is C17H16F3N3O3S. The van der Waals surface area contributed by atoms with Crippen LogP contribution in [-0.4, -0.2) is 31.4 Å². The molecule has 6 nitrogen and oxygen atoms in total. The number of anilines is 1. The fourth-order valence-electron chi connectivity index (χ4n) is 2.63. The standard InChI is InChI=1S/C17H16F3N3O3S/c1-22-15-6-4-3-5-14(15)21-16(22)23(2)27(24,25)11-12-7-9-13(10-8-12)26-17(18,19)20/h3-10H,11H2,1-2H3. The first-order valence-corrected chi connectivity index (χ1v) is 9.40. The Morgan fingerprint density at radius 1 is 1.11 bits per heavy atom. The van der Waals surface area contributed by atoms with Crippen LogP contribution < -0.4 is 9.04 Å². The number of sulfonamides is 1. The Kier molecular flexibility index (Phi) is 4.77. The van der Waals surface area contributed by atoms with Crippen LogP contribution in [0.25, 0.3) is 11.0 Å².